The number of halogens is 4. The fourth-order valence-electron chi connectivity index (χ4n) is 5.58. The predicted molar refractivity (Wildman–Crippen MR) is 130 cm³/mol. The minimum Gasteiger partial charge on any atom is -0.356 e. The summed E-state index contributed by atoms with van der Waals surface area (Å²) in [5.74, 6) is -5.67. The van der Waals surface area contributed by atoms with Crippen molar-refractivity contribution >= 4 is 41.1 Å². The van der Waals surface area contributed by atoms with Gasteiger partial charge < -0.3 is 15.5 Å². The van der Waals surface area contributed by atoms with E-state index in [1.54, 1.807) is 20.8 Å². The Bertz CT molecular complexity index is 952. The zero-order valence-corrected chi connectivity index (χ0v) is 22.4. The first-order valence-electron chi connectivity index (χ1n) is 12.8. The average Bonchev–Trinajstić information content (AvgIpc) is 3.56. The highest BCUT2D eigenvalue weighted by Gasteiger charge is 2.52. The second-order valence-corrected chi connectivity index (χ2v) is 11.3. The molecule has 0 radical (unpaired) electrons. The molecule has 0 bridgehead atoms. The van der Waals surface area contributed by atoms with Gasteiger partial charge in [0.15, 0.2) is 0 Å². The molecule has 3 N–H and O–H groups in total. The molecule has 10 nitrogen and oxygen atoms in total. The number of hydrogen-bond acceptors (Lipinski definition) is 5. The van der Waals surface area contributed by atoms with Gasteiger partial charge in [-0.1, -0.05) is 38.8 Å². The largest absolute Gasteiger partial charge is 0.356 e. The highest BCUT2D eigenvalue weighted by Crippen LogP contribution is 2.43. The maximum atomic E-state index is 13.8. The van der Waals surface area contributed by atoms with Crippen molar-refractivity contribution in [3.05, 3.63) is 0 Å². The van der Waals surface area contributed by atoms with E-state index in [1.807, 2.05) is 0 Å². The minimum absolute atomic E-state index is 0.0439. The molecular formula is C24H35ClF3N5O5. The van der Waals surface area contributed by atoms with E-state index in [0.717, 1.165) is 12.8 Å². The van der Waals surface area contributed by atoms with Crippen molar-refractivity contribution < 1.29 is 37.1 Å². The van der Waals surface area contributed by atoms with Crippen LogP contribution in [-0.4, -0.2) is 83.2 Å². The van der Waals surface area contributed by atoms with E-state index in [-0.39, 0.29) is 30.8 Å². The van der Waals surface area contributed by atoms with Crippen LogP contribution in [0.4, 0.5) is 13.2 Å². The van der Waals surface area contributed by atoms with Crippen molar-refractivity contribution in [2.75, 3.05) is 19.6 Å². The molecule has 2 heterocycles. The van der Waals surface area contributed by atoms with Crippen LogP contribution in [-0.2, 0) is 24.0 Å². The Kier molecular flexibility index (Phi) is 9.53. The number of hydrogen-bond donors (Lipinski definition) is 3. The maximum Gasteiger partial charge on any atom is 0.315 e. The number of rotatable bonds is 9. The molecule has 2 aliphatic heterocycles. The fraction of sp³-hybridized carbons (Fsp3) is 0.792. The van der Waals surface area contributed by atoms with E-state index >= 15 is 0 Å². The maximum absolute atomic E-state index is 13.8. The predicted octanol–water partition coefficient (Wildman–Crippen LogP) is 1.33. The SMILES string of the molecule is CCC(C)(C)[C@H](NC(=O)C(F)F)C(=O)N1C[C@@H]2CCC[C@@H]2[C@H]1C(=O)NN(C[C@@H]1CCNC1=O)C(=O)[C@@H](F)Cl. The lowest BCUT2D eigenvalue weighted by Crippen LogP contribution is -2.61. The molecule has 38 heavy (non-hydrogen) atoms. The van der Waals surface area contributed by atoms with Crippen molar-refractivity contribution in [3.8, 4) is 0 Å². The standard InChI is InChI=1S/C24H35ClF3N5O5/c1-4-24(2,3)16(30-21(36)18(27)28)22(37)32-10-12-6-5-7-14(12)15(32)20(35)31-33(23(38)17(25)26)11-13-8-9-29-19(13)34/h12-18H,4-11H2,1-3H3,(H,29,34)(H,30,36)(H,31,35)/t12-,13-,14-,15-,16+,17+/m0/s1. The number of hydrazine groups is 1. The van der Waals surface area contributed by atoms with Crippen LogP contribution in [0.25, 0.3) is 0 Å². The summed E-state index contributed by atoms with van der Waals surface area (Å²) in [6.07, 6.45) is -0.434. The van der Waals surface area contributed by atoms with Crippen molar-refractivity contribution in [1.82, 2.24) is 26.0 Å². The normalized spacial score (nSPS) is 26.5. The van der Waals surface area contributed by atoms with Crippen LogP contribution in [0.3, 0.4) is 0 Å². The first kappa shape index (κ1) is 30.0. The molecule has 0 unspecified atom stereocenters. The Balaban J connectivity index is 1.88. The molecule has 6 atom stereocenters. The number of amides is 5. The van der Waals surface area contributed by atoms with Crippen LogP contribution in [0.15, 0.2) is 0 Å². The third-order valence-electron chi connectivity index (χ3n) is 8.13. The Morgan fingerprint density at radius 3 is 2.42 bits per heavy atom. The highest BCUT2D eigenvalue weighted by atomic mass is 35.5. The van der Waals surface area contributed by atoms with Gasteiger partial charge in [-0.25, -0.2) is 9.40 Å². The molecular weight excluding hydrogens is 531 g/mol. The Labute approximate surface area is 224 Å². The number of nitrogens with zero attached hydrogens (tertiary/aromatic N) is 2. The summed E-state index contributed by atoms with van der Waals surface area (Å²) in [7, 11) is 0. The average molecular weight is 566 g/mol. The zero-order chi connectivity index (χ0) is 28.4. The van der Waals surface area contributed by atoms with Gasteiger partial charge in [-0.15, -0.1) is 0 Å². The second-order valence-electron chi connectivity index (χ2n) is 10.9. The van der Waals surface area contributed by atoms with Gasteiger partial charge in [0.2, 0.25) is 11.8 Å². The van der Waals surface area contributed by atoms with Crippen LogP contribution >= 0.6 is 11.6 Å². The van der Waals surface area contributed by atoms with E-state index in [4.69, 9.17) is 11.6 Å². The third kappa shape index (κ3) is 6.35. The van der Waals surface area contributed by atoms with E-state index in [9.17, 15) is 37.1 Å². The molecule has 3 aliphatic rings. The van der Waals surface area contributed by atoms with E-state index in [1.165, 1.54) is 4.90 Å². The van der Waals surface area contributed by atoms with Gasteiger partial charge in [0.25, 0.3) is 23.4 Å². The van der Waals surface area contributed by atoms with Crippen LogP contribution < -0.4 is 16.1 Å². The summed E-state index contributed by atoms with van der Waals surface area (Å²) in [5.41, 5.74) is -1.02. The molecule has 5 amide bonds. The van der Waals surface area contributed by atoms with Gasteiger partial charge in [-0.3, -0.25) is 29.4 Å². The third-order valence-corrected chi connectivity index (χ3v) is 8.32. The molecule has 2 saturated heterocycles. The summed E-state index contributed by atoms with van der Waals surface area (Å²) in [6.45, 7) is 5.29. The number of alkyl halides is 4. The summed E-state index contributed by atoms with van der Waals surface area (Å²) in [4.78, 5) is 65.0. The number of carbonyl (C=O) groups excluding carboxylic acids is 5. The Morgan fingerprint density at radius 1 is 1.18 bits per heavy atom. The van der Waals surface area contributed by atoms with Crippen LogP contribution in [0.2, 0.25) is 0 Å². The lowest BCUT2D eigenvalue weighted by atomic mass is 9.80. The summed E-state index contributed by atoms with van der Waals surface area (Å²) in [5, 5.41) is 5.42. The van der Waals surface area contributed by atoms with E-state index in [0.29, 0.717) is 30.8 Å². The summed E-state index contributed by atoms with van der Waals surface area (Å²) < 4.78 is 40.0. The summed E-state index contributed by atoms with van der Waals surface area (Å²) >= 11 is 5.36. The topological polar surface area (TPSA) is 128 Å². The molecule has 3 fully saturated rings. The Morgan fingerprint density at radius 2 is 1.87 bits per heavy atom. The van der Waals surface area contributed by atoms with Crippen molar-refractivity contribution in [2.24, 2.45) is 23.2 Å². The van der Waals surface area contributed by atoms with Gasteiger partial charge >= 0.3 is 6.43 Å². The molecule has 0 aromatic heterocycles. The number of fused-ring (bicyclic) bond motifs is 1. The van der Waals surface area contributed by atoms with Gasteiger partial charge in [-0.2, -0.15) is 8.78 Å². The van der Waals surface area contributed by atoms with Gasteiger partial charge in [-0.05, 0) is 42.9 Å². The van der Waals surface area contributed by atoms with Crippen molar-refractivity contribution in [2.45, 2.75) is 77.0 Å². The lowest BCUT2D eigenvalue weighted by molar-refractivity contribution is -0.151. The molecule has 0 aromatic rings. The van der Waals surface area contributed by atoms with Crippen molar-refractivity contribution in [1.29, 1.82) is 0 Å². The zero-order valence-electron chi connectivity index (χ0n) is 21.6. The smallest absolute Gasteiger partial charge is 0.315 e. The Hall–Kier alpha value is -2.57. The molecule has 214 valence electrons. The summed E-state index contributed by atoms with van der Waals surface area (Å²) in [6, 6.07) is -2.42. The molecule has 0 spiro atoms. The van der Waals surface area contributed by atoms with Crippen LogP contribution in [0.1, 0.15) is 52.9 Å². The lowest BCUT2D eigenvalue weighted by Gasteiger charge is -2.38. The van der Waals surface area contributed by atoms with Crippen LogP contribution in [0.5, 0.6) is 0 Å². The molecule has 14 heteroatoms. The van der Waals surface area contributed by atoms with Crippen LogP contribution in [0, 0.1) is 23.2 Å². The first-order chi connectivity index (χ1) is 17.8. The van der Waals surface area contributed by atoms with Gasteiger partial charge in [0, 0.05) is 13.1 Å². The molecule has 0 aromatic carbocycles. The monoisotopic (exact) mass is 565 g/mol. The number of likely N-dealkylation sites (tertiary alicyclic amines) is 1. The quantitative estimate of drug-likeness (QED) is 0.287. The highest BCUT2D eigenvalue weighted by molar-refractivity contribution is 6.29. The number of nitrogens with one attached hydrogen (secondary N) is 3. The van der Waals surface area contributed by atoms with E-state index < -0.39 is 59.1 Å². The van der Waals surface area contributed by atoms with Gasteiger partial charge in [0.1, 0.15) is 12.1 Å². The molecule has 3 rings (SSSR count). The molecule has 1 aliphatic carbocycles. The van der Waals surface area contributed by atoms with Gasteiger partial charge in [0.05, 0.1) is 12.5 Å². The molecule has 1 saturated carbocycles. The fourth-order valence-corrected chi connectivity index (χ4v) is 5.70. The first-order valence-corrected chi connectivity index (χ1v) is 13.3. The number of carbonyl (C=O) groups is 5. The van der Waals surface area contributed by atoms with E-state index in [2.05, 4.69) is 16.1 Å². The van der Waals surface area contributed by atoms with Crippen molar-refractivity contribution in [3.63, 3.8) is 0 Å². The minimum atomic E-state index is -3.33. The second kappa shape index (κ2) is 12.1.